The molecule has 0 fully saturated rings. The number of aryl methyl sites for hydroxylation is 1. The Morgan fingerprint density at radius 2 is 2.15 bits per heavy atom. The standard InChI is InChI=1S/C15H22N2O3/c1-15(2,3)20-14(19)17-16-13-6-4-5-10-9-11(18)7-8-12(10)13/h7-9,13,16,18H,4-6H2,1-3H3,(H,17,19). The Morgan fingerprint density at radius 3 is 2.85 bits per heavy atom. The molecule has 0 aliphatic heterocycles. The number of aromatic hydroxyl groups is 1. The molecular formula is C15H22N2O3. The number of rotatable bonds is 2. The first-order chi connectivity index (χ1) is 9.35. The summed E-state index contributed by atoms with van der Waals surface area (Å²) in [6.07, 6.45) is 2.43. The maximum absolute atomic E-state index is 11.6. The summed E-state index contributed by atoms with van der Waals surface area (Å²) in [6, 6.07) is 5.41. The highest BCUT2D eigenvalue weighted by Crippen LogP contribution is 2.31. The number of phenols is 1. The number of nitrogens with one attached hydrogen (secondary N) is 2. The first-order valence-electron chi connectivity index (χ1n) is 6.91. The Bertz CT molecular complexity index is 494. The number of carbonyl (C=O) groups is 1. The maximum Gasteiger partial charge on any atom is 0.422 e. The van der Waals surface area contributed by atoms with Gasteiger partial charge in [-0.1, -0.05) is 6.07 Å². The molecule has 0 saturated carbocycles. The molecule has 0 radical (unpaired) electrons. The van der Waals surface area contributed by atoms with Gasteiger partial charge in [-0.3, -0.25) is 5.43 Å². The highest BCUT2D eigenvalue weighted by atomic mass is 16.6. The van der Waals surface area contributed by atoms with Crippen LogP contribution in [-0.2, 0) is 11.2 Å². The van der Waals surface area contributed by atoms with E-state index >= 15 is 0 Å². The van der Waals surface area contributed by atoms with E-state index in [9.17, 15) is 9.90 Å². The van der Waals surface area contributed by atoms with E-state index in [1.807, 2.05) is 26.8 Å². The van der Waals surface area contributed by atoms with Crippen LogP contribution in [-0.4, -0.2) is 16.8 Å². The fourth-order valence-corrected chi connectivity index (χ4v) is 2.40. The van der Waals surface area contributed by atoms with E-state index in [0.717, 1.165) is 30.4 Å². The molecule has 0 bridgehead atoms. The van der Waals surface area contributed by atoms with E-state index in [1.165, 1.54) is 0 Å². The molecule has 0 aromatic heterocycles. The van der Waals surface area contributed by atoms with Crippen molar-refractivity contribution >= 4 is 6.09 Å². The molecule has 1 aromatic rings. The fraction of sp³-hybridized carbons (Fsp3) is 0.533. The van der Waals surface area contributed by atoms with Crippen molar-refractivity contribution in [3.05, 3.63) is 29.3 Å². The average molecular weight is 278 g/mol. The molecule has 1 aliphatic carbocycles. The molecule has 0 heterocycles. The largest absolute Gasteiger partial charge is 0.508 e. The van der Waals surface area contributed by atoms with Crippen LogP contribution in [0.1, 0.15) is 50.8 Å². The zero-order valence-electron chi connectivity index (χ0n) is 12.2. The third-order valence-corrected chi connectivity index (χ3v) is 3.19. The fourth-order valence-electron chi connectivity index (χ4n) is 2.40. The predicted octanol–water partition coefficient (Wildman–Crippen LogP) is 2.80. The molecule has 1 unspecified atom stereocenters. The summed E-state index contributed by atoms with van der Waals surface area (Å²) in [5.41, 5.74) is 7.33. The van der Waals surface area contributed by atoms with E-state index in [2.05, 4.69) is 10.9 Å². The molecule has 1 amide bonds. The lowest BCUT2D eigenvalue weighted by Crippen LogP contribution is -2.43. The summed E-state index contributed by atoms with van der Waals surface area (Å²) in [4.78, 5) is 11.6. The lowest BCUT2D eigenvalue weighted by Gasteiger charge is -2.27. The van der Waals surface area contributed by atoms with Gasteiger partial charge in [0.2, 0.25) is 0 Å². The normalized spacial score (nSPS) is 18.2. The predicted molar refractivity (Wildman–Crippen MR) is 76.3 cm³/mol. The number of benzene rings is 1. The number of hydrazine groups is 1. The van der Waals surface area contributed by atoms with Crippen molar-refractivity contribution in [2.45, 2.75) is 51.7 Å². The molecule has 0 spiro atoms. The zero-order valence-corrected chi connectivity index (χ0v) is 12.2. The van der Waals surface area contributed by atoms with Crippen molar-refractivity contribution in [3.63, 3.8) is 0 Å². The summed E-state index contributed by atoms with van der Waals surface area (Å²) in [6.45, 7) is 5.47. The Kier molecular flexibility index (Phi) is 4.18. The third-order valence-electron chi connectivity index (χ3n) is 3.19. The zero-order chi connectivity index (χ0) is 14.8. The maximum atomic E-state index is 11.6. The molecule has 5 nitrogen and oxygen atoms in total. The molecule has 1 aliphatic rings. The van der Waals surface area contributed by atoms with E-state index in [0.29, 0.717) is 0 Å². The number of carbonyl (C=O) groups excluding carboxylic acids is 1. The third kappa shape index (κ3) is 3.87. The summed E-state index contributed by atoms with van der Waals surface area (Å²) >= 11 is 0. The molecule has 3 N–H and O–H groups in total. The van der Waals surface area contributed by atoms with Crippen molar-refractivity contribution in [2.24, 2.45) is 0 Å². The Morgan fingerprint density at radius 1 is 1.40 bits per heavy atom. The van der Waals surface area contributed by atoms with Gasteiger partial charge in [0, 0.05) is 0 Å². The number of amides is 1. The van der Waals surface area contributed by atoms with E-state index in [1.54, 1.807) is 12.1 Å². The van der Waals surface area contributed by atoms with Crippen LogP contribution >= 0.6 is 0 Å². The first kappa shape index (κ1) is 14.7. The molecular weight excluding hydrogens is 256 g/mol. The topological polar surface area (TPSA) is 70.6 Å². The lowest BCUT2D eigenvalue weighted by atomic mass is 9.88. The first-order valence-corrected chi connectivity index (χ1v) is 6.91. The van der Waals surface area contributed by atoms with Crippen LogP contribution in [0.5, 0.6) is 5.75 Å². The van der Waals surface area contributed by atoms with Crippen molar-refractivity contribution in [2.75, 3.05) is 0 Å². The molecule has 5 heteroatoms. The molecule has 1 aromatic carbocycles. The summed E-state index contributed by atoms with van der Waals surface area (Å²) in [5.74, 6) is 0.282. The number of hydrogen-bond donors (Lipinski definition) is 3. The second kappa shape index (κ2) is 5.71. The number of ether oxygens (including phenoxy) is 1. The Hall–Kier alpha value is -1.75. The van der Waals surface area contributed by atoms with Gasteiger partial charge in [0.15, 0.2) is 0 Å². The van der Waals surface area contributed by atoms with Gasteiger partial charge in [0.1, 0.15) is 11.4 Å². The van der Waals surface area contributed by atoms with Gasteiger partial charge < -0.3 is 9.84 Å². The SMILES string of the molecule is CC(C)(C)OC(=O)NNC1CCCc2cc(O)ccc21. The van der Waals surface area contributed by atoms with Crippen LogP contribution < -0.4 is 10.9 Å². The van der Waals surface area contributed by atoms with Crippen LogP contribution in [0, 0.1) is 0 Å². The molecule has 1 atom stereocenters. The quantitative estimate of drug-likeness (QED) is 0.727. The number of phenolic OH excluding ortho intramolecular Hbond substituents is 1. The minimum atomic E-state index is -0.512. The average Bonchev–Trinajstić information content (AvgIpc) is 2.33. The second-order valence-electron chi connectivity index (χ2n) is 6.10. The van der Waals surface area contributed by atoms with Crippen LogP contribution in [0.4, 0.5) is 4.79 Å². The van der Waals surface area contributed by atoms with Gasteiger partial charge in [-0.2, -0.15) is 0 Å². The van der Waals surface area contributed by atoms with Crippen LogP contribution in [0.15, 0.2) is 18.2 Å². The Labute approximate surface area is 119 Å². The summed E-state index contributed by atoms with van der Waals surface area (Å²) in [7, 11) is 0. The minimum absolute atomic E-state index is 0.0480. The Balaban J connectivity index is 1.97. The minimum Gasteiger partial charge on any atom is -0.508 e. The smallest absolute Gasteiger partial charge is 0.422 e. The van der Waals surface area contributed by atoms with Gasteiger partial charge in [0.25, 0.3) is 0 Å². The van der Waals surface area contributed by atoms with Crippen LogP contribution in [0.3, 0.4) is 0 Å². The van der Waals surface area contributed by atoms with Crippen LogP contribution in [0.2, 0.25) is 0 Å². The van der Waals surface area contributed by atoms with Crippen LogP contribution in [0.25, 0.3) is 0 Å². The number of hydrogen-bond acceptors (Lipinski definition) is 4. The van der Waals surface area contributed by atoms with E-state index in [-0.39, 0.29) is 11.8 Å². The second-order valence-corrected chi connectivity index (χ2v) is 6.10. The highest BCUT2D eigenvalue weighted by Gasteiger charge is 2.22. The van der Waals surface area contributed by atoms with Gasteiger partial charge in [-0.05, 0) is 63.3 Å². The van der Waals surface area contributed by atoms with Crippen molar-refractivity contribution in [3.8, 4) is 5.75 Å². The highest BCUT2D eigenvalue weighted by molar-refractivity contribution is 5.67. The van der Waals surface area contributed by atoms with Crippen molar-refractivity contribution in [1.82, 2.24) is 10.9 Å². The lowest BCUT2D eigenvalue weighted by molar-refractivity contribution is 0.0485. The van der Waals surface area contributed by atoms with Crippen molar-refractivity contribution in [1.29, 1.82) is 0 Å². The summed E-state index contributed by atoms with van der Waals surface area (Å²) < 4.78 is 5.18. The van der Waals surface area contributed by atoms with Gasteiger partial charge in [-0.15, -0.1) is 0 Å². The summed E-state index contributed by atoms with van der Waals surface area (Å²) in [5, 5.41) is 9.51. The monoisotopic (exact) mass is 278 g/mol. The molecule has 2 rings (SSSR count). The van der Waals surface area contributed by atoms with Gasteiger partial charge in [0.05, 0.1) is 6.04 Å². The van der Waals surface area contributed by atoms with Crippen molar-refractivity contribution < 1.29 is 14.6 Å². The molecule has 0 saturated heterocycles. The van der Waals surface area contributed by atoms with E-state index in [4.69, 9.17) is 4.74 Å². The number of fused-ring (bicyclic) bond motifs is 1. The van der Waals surface area contributed by atoms with Gasteiger partial charge >= 0.3 is 6.09 Å². The molecule has 110 valence electrons. The van der Waals surface area contributed by atoms with E-state index < -0.39 is 11.7 Å². The van der Waals surface area contributed by atoms with Gasteiger partial charge in [-0.25, -0.2) is 10.2 Å². The molecule has 20 heavy (non-hydrogen) atoms.